The van der Waals surface area contributed by atoms with Gasteiger partial charge in [0.05, 0.1) is 0 Å². The highest BCUT2D eigenvalue weighted by molar-refractivity contribution is 5.71. The molecule has 0 aromatic heterocycles. The summed E-state index contributed by atoms with van der Waals surface area (Å²) in [6.45, 7) is 5.73. The quantitative estimate of drug-likeness (QED) is 0.516. The van der Waals surface area contributed by atoms with Gasteiger partial charge in [0, 0.05) is 11.9 Å². The average Bonchev–Trinajstić information content (AvgIpc) is 2.31. The van der Waals surface area contributed by atoms with E-state index in [1.807, 2.05) is 0 Å². The highest BCUT2D eigenvalue weighted by Crippen LogP contribution is 2.25. The molecule has 10 heavy (non-hydrogen) atoms. The predicted molar refractivity (Wildman–Crippen MR) is 45.2 cm³/mol. The van der Waals surface area contributed by atoms with Crippen LogP contribution in [-0.2, 0) is 0 Å². The zero-order chi connectivity index (χ0) is 7.40. The summed E-state index contributed by atoms with van der Waals surface area (Å²) in [4.78, 5) is 4.26. The molecule has 1 nitrogen and oxygen atoms in total. The van der Waals surface area contributed by atoms with E-state index in [9.17, 15) is 0 Å². The van der Waals surface area contributed by atoms with Gasteiger partial charge in [-0.1, -0.05) is 18.2 Å². The number of hydrogen-bond donors (Lipinski definition) is 0. The Hall–Kier alpha value is -0.850. The number of hydrogen-bond acceptors (Lipinski definition) is 1. The van der Waals surface area contributed by atoms with E-state index in [4.69, 9.17) is 0 Å². The molecule has 0 spiro atoms. The van der Waals surface area contributed by atoms with Gasteiger partial charge >= 0.3 is 0 Å². The molecule has 0 saturated carbocycles. The maximum Gasteiger partial charge on any atom is 0.0392 e. The van der Waals surface area contributed by atoms with E-state index in [-0.39, 0.29) is 0 Å². The summed E-state index contributed by atoms with van der Waals surface area (Å²) in [6.07, 6.45) is 7.14. The molecule has 0 amide bonds. The maximum atomic E-state index is 4.26. The van der Waals surface area contributed by atoms with E-state index in [1.54, 1.807) is 12.3 Å². The molecule has 0 N–H and O–H groups in total. The van der Waals surface area contributed by atoms with Crippen molar-refractivity contribution in [3.63, 3.8) is 0 Å². The first kappa shape index (κ1) is 7.26. The Morgan fingerprint density at radius 3 is 2.80 bits per heavy atom. The zero-order valence-electron chi connectivity index (χ0n) is 6.43. The van der Waals surface area contributed by atoms with E-state index < -0.39 is 0 Å². The molecule has 0 aromatic carbocycles. The summed E-state index contributed by atoms with van der Waals surface area (Å²) in [6, 6.07) is 0. The number of nitrogens with zero attached hydrogens (tertiary/aromatic N) is 1. The average molecular weight is 135 g/mol. The van der Waals surface area contributed by atoms with E-state index in [0.29, 0.717) is 0 Å². The molecule has 0 aliphatic heterocycles. The SMILES string of the molecule is C=CC=NC1=C(C)CCC1. The van der Waals surface area contributed by atoms with Crippen molar-refractivity contribution < 1.29 is 0 Å². The van der Waals surface area contributed by atoms with Crippen LogP contribution in [-0.4, -0.2) is 6.21 Å². The molecular weight excluding hydrogens is 122 g/mol. The third-order valence-electron chi connectivity index (χ3n) is 1.79. The molecule has 1 heteroatoms. The van der Waals surface area contributed by atoms with Crippen LogP contribution in [0.15, 0.2) is 28.9 Å². The van der Waals surface area contributed by atoms with Crippen molar-refractivity contribution in [2.24, 2.45) is 4.99 Å². The molecule has 0 unspecified atom stereocenters. The predicted octanol–water partition coefficient (Wildman–Crippen LogP) is 2.70. The molecule has 0 fully saturated rings. The molecule has 1 aliphatic rings. The first-order chi connectivity index (χ1) is 4.84. The van der Waals surface area contributed by atoms with Crippen LogP contribution < -0.4 is 0 Å². The largest absolute Gasteiger partial charge is 0.261 e. The Balaban J connectivity index is 2.62. The molecule has 0 aromatic rings. The van der Waals surface area contributed by atoms with E-state index >= 15 is 0 Å². The van der Waals surface area contributed by atoms with Crippen molar-refractivity contribution in [1.29, 1.82) is 0 Å². The highest BCUT2D eigenvalue weighted by Gasteiger charge is 2.07. The summed E-state index contributed by atoms with van der Waals surface area (Å²) in [5, 5.41) is 0. The molecule has 1 rings (SSSR count). The fraction of sp³-hybridized carbons (Fsp3) is 0.444. The van der Waals surface area contributed by atoms with Crippen LogP contribution in [0, 0.1) is 0 Å². The fourth-order valence-corrected chi connectivity index (χ4v) is 1.20. The molecule has 0 saturated heterocycles. The number of rotatable bonds is 2. The van der Waals surface area contributed by atoms with Crippen LogP contribution in [0.1, 0.15) is 26.2 Å². The van der Waals surface area contributed by atoms with Crippen molar-refractivity contribution in [2.45, 2.75) is 26.2 Å². The Bertz CT molecular complexity index is 187. The molecule has 0 heterocycles. The minimum atomic E-state index is 1.15. The minimum Gasteiger partial charge on any atom is -0.261 e. The molecule has 54 valence electrons. The lowest BCUT2D eigenvalue weighted by Crippen LogP contribution is -1.74. The van der Waals surface area contributed by atoms with Gasteiger partial charge in [0.25, 0.3) is 0 Å². The number of aliphatic imine (C=N–C) groups is 1. The Morgan fingerprint density at radius 2 is 2.30 bits per heavy atom. The highest BCUT2D eigenvalue weighted by atomic mass is 14.7. The van der Waals surface area contributed by atoms with Crippen molar-refractivity contribution in [2.75, 3.05) is 0 Å². The molecule has 0 bridgehead atoms. The van der Waals surface area contributed by atoms with Crippen LogP contribution >= 0.6 is 0 Å². The van der Waals surface area contributed by atoms with Crippen molar-refractivity contribution in [1.82, 2.24) is 0 Å². The normalized spacial score (nSPS) is 18.9. The molecular formula is C9H13N. The van der Waals surface area contributed by atoms with Crippen LogP contribution in [0.5, 0.6) is 0 Å². The molecule has 0 radical (unpaired) electrons. The zero-order valence-corrected chi connectivity index (χ0v) is 6.43. The molecule has 0 atom stereocenters. The van der Waals surface area contributed by atoms with Crippen LogP contribution in [0.25, 0.3) is 0 Å². The smallest absolute Gasteiger partial charge is 0.0392 e. The lowest BCUT2D eigenvalue weighted by molar-refractivity contribution is 0.889. The van der Waals surface area contributed by atoms with Gasteiger partial charge in [0.15, 0.2) is 0 Å². The van der Waals surface area contributed by atoms with Gasteiger partial charge in [-0.25, -0.2) is 0 Å². The fourth-order valence-electron chi connectivity index (χ4n) is 1.20. The first-order valence-corrected chi connectivity index (χ1v) is 3.68. The van der Waals surface area contributed by atoms with E-state index in [0.717, 1.165) is 6.42 Å². The van der Waals surface area contributed by atoms with Crippen molar-refractivity contribution >= 4 is 6.21 Å². The van der Waals surface area contributed by atoms with Gasteiger partial charge < -0.3 is 0 Å². The Morgan fingerprint density at radius 1 is 1.50 bits per heavy atom. The maximum absolute atomic E-state index is 4.26. The van der Waals surface area contributed by atoms with Gasteiger partial charge in [-0.15, -0.1) is 0 Å². The van der Waals surface area contributed by atoms with E-state index in [1.165, 1.54) is 24.1 Å². The standard InChI is InChI=1S/C9H13N/c1-3-7-10-9-6-4-5-8(9)2/h3,7H,1,4-6H2,2H3. The van der Waals surface area contributed by atoms with Gasteiger partial charge in [-0.2, -0.15) is 0 Å². The molecule has 1 aliphatic carbocycles. The minimum absolute atomic E-state index is 1.15. The third-order valence-corrected chi connectivity index (χ3v) is 1.79. The topological polar surface area (TPSA) is 12.4 Å². The second-order valence-electron chi connectivity index (χ2n) is 2.59. The van der Waals surface area contributed by atoms with Gasteiger partial charge in [-0.05, 0) is 26.2 Å². The summed E-state index contributed by atoms with van der Waals surface area (Å²) in [5.74, 6) is 0. The van der Waals surface area contributed by atoms with Gasteiger partial charge in [-0.3, -0.25) is 4.99 Å². The summed E-state index contributed by atoms with van der Waals surface area (Å²) in [5.41, 5.74) is 2.71. The van der Waals surface area contributed by atoms with Crippen LogP contribution in [0.2, 0.25) is 0 Å². The monoisotopic (exact) mass is 135 g/mol. The summed E-state index contributed by atoms with van der Waals surface area (Å²) in [7, 11) is 0. The first-order valence-electron chi connectivity index (χ1n) is 3.68. The van der Waals surface area contributed by atoms with Crippen molar-refractivity contribution in [3.05, 3.63) is 23.9 Å². The second kappa shape index (κ2) is 3.35. The second-order valence-corrected chi connectivity index (χ2v) is 2.59. The third kappa shape index (κ3) is 1.56. The van der Waals surface area contributed by atoms with Gasteiger partial charge in [0.2, 0.25) is 0 Å². The summed E-state index contributed by atoms with van der Waals surface area (Å²) >= 11 is 0. The Labute approximate surface area is 62.2 Å². The number of allylic oxidation sites excluding steroid dienone is 3. The lowest BCUT2D eigenvalue weighted by atomic mass is 10.3. The van der Waals surface area contributed by atoms with Gasteiger partial charge in [0.1, 0.15) is 0 Å². The summed E-state index contributed by atoms with van der Waals surface area (Å²) < 4.78 is 0. The van der Waals surface area contributed by atoms with E-state index in [2.05, 4.69) is 18.5 Å². The Kier molecular flexibility index (Phi) is 2.43. The van der Waals surface area contributed by atoms with Crippen LogP contribution in [0.3, 0.4) is 0 Å². The van der Waals surface area contributed by atoms with Crippen molar-refractivity contribution in [3.8, 4) is 0 Å². The lowest BCUT2D eigenvalue weighted by Gasteiger charge is -1.91. The van der Waals surface area contributed by atoms with Crippen LogP contribution in [0.4, 0.5) is 0 Å².